The normalized spacial score (nSPS) is 7.95. The van der Waals surface area contributed by atoms with E-state index in [1.807, 2.05) is 24.3 Å². The molecule has 4 heteroatoms. The fourth-order valence-corrected chi connectivity index (χ4v) is 1.04. The first-order valence-electron chi connectivity index (χ1n) is 5.56. The van der Waals surface area contributed by atoms with Gasteiger partial charge in [-0.15, -0.1) is 6.42 Å². The Hall–Kier alpha value is -2.61. The smallest absolute Gasteiger partial charge is 0.212 e. The number of methoxy groups -OCH3 is 1. The number of aliphatic hydroxyl groups is 1. The number of aliphatic hydroxyl groups excluding tert-OH is 1. The highest BCUT2D eigenvalue weighted by Gasteiger charge is 2.13. The van der Waals surface area contributed by atoms with Gasteiger partial charge in [0.25, 0.3) is 0 Å². The van der Waals surface area contributed by atoms with Crippen LogP contribution in [0.5, 0.6) is 5.88 Å². The maximum absolute atomic E-state index is 7.76. The van der Waals surface area contributed by atoms with Gasteiger partial charge in [-0.2, -0.15) is 0 Å². The van der Waals surface area contributed by atoms with Gasteiger partial charge in [-0.1, -0.05) is 26.8 Å². The van der Waals surface area contributed by atoms with Gasteiger partial charge in [0, 0.05) is 24.1 Å². The van der Waals surface area contributed by atoms with E-state index in [1.54, 1.807) is 13.2 Å². The molecule has 0 aliphatic heterocycles. The van der Waals surface area contributed by atoms with Crippen molar-refractivity contribution in [3.63, 3.8) is 0 Å². The number of hydrogen-bond donors (Lipinski definition) is 2. The van der Waals surface area contributed by atoms with Crippen molar-refractivity contribution >= 4 is 0 Å². The summed E-state index contributed by atoms with van der Waals surface area (Å²) in [7, 11) is 1.62. The van der Waals surface area contributed by atoms with Gasteiger partial charge in [-0.3, -0.25) is 0 Å². The van der Waals surface area contributed by atoms with Crippen molar-refractivity contribution < 1.29 is 9.84 Å². The van der Waals surface area contributed by atoms with Crippen molar-refractivity contribution in [2.24, 2.45) is 0 Å². The number of ether oxygens (including phenoxy) is 1. The van der Waals surface area contributed by atoms with Crippen molar-refractivity contribution in [2.75, 3.05) is 7.11 Å². The van der Waals surface area contributed by atoms with Gasteiger partial charge >= 0.3 is 0 Å². The van der Waals surface area contributed by atoms with E-state index in [0.717, 1.165) is 0 Å². The average molecular weight is 272 g/mol. The first-order valence-corrected chi connectivity index (χ1v) is 5.56. The molecular formula is C16H20N2O2. The van der Waals surface area contributed by atoms with Crippen molar-refractivity contribution in [1.29, 1.82) is 0 Å². The number of nitrogens with zero attached hydrogens (tertiary/aromatic N) is 1. The standard InChI is InChI=1S/C10H15NO.C6H2O.H3N/c1-10(2,3)8-5-6-9(12-4)11-7-8;1-2-3-4-5-6-7;/h5-7H,1-4H3;1,7H;1H3. The van der Waals surface area contributed by atoms with Crippen LogP contribution in [0.25, 0.3) is 0 Å². The van der Waals surface area contributed by atoms with Crippen LogP contribution in [0.4, 0.5) is 0 Å². The Bertz CT molecular complexity index is 541. The van der Waals surface area contributed by atoms with Crippen LogP contribution in [0.3, 0.4) is 0 Å². The summed E-state index contributed by atoms with van der Waals surface area (Å²) in [4.78, 5) is 4.14. The van der Waals surface area contributed by atoms with E-state index in [2.05, 4.69) is 43.5 Å². The number of aromatic nitrogens is 1. The second kappa shape index (κ2) is 10.3. The minimum atomic E-state index is 0. The minimum absolute atomic E-state index is 0. The molecule has 0 spiro atoms. The average Bonchev–Trinajstić information content (AvgIpc) is 2.39. The molecule has 0 radical (unpaired) electrons. The minimum Gasteiger partial charge on any atom is -0.481 e. The molecule has 4 nitrogen and oxygen atoms in total. The molecule has 106 valence electrons. The third kappa shape index (κ3) is 8.48. The van der Waals surface area contributed by atoms with Gasteiger partial charge in [0.1, 0.15) is 6.11 Å². The Morgan fingerprint density at radius 3 is 2.20 bits per heavy atom. The third-order valence-corrected chi connectivity index (χ3v) is 2.06. The molecule has 20 heavy (non-hydrogen) atoms. The zero-order valence-electron chi connectivity index (χ0n) is 12.3. The van der Waals surface area contributed by atoms with Crippen LogP contribution in [-0.4, -0.2) is 17.2 Å². The summed E-state index contributed by atoms with van der Waals surface area (Å²) in [6.45, 7) is 6.49. The predicted octanol–water partition coefficient (Wildman–Crippen LogP) is 2.51. The molecule has 0 amide bonds. The maximum Gasteiger partial charge on any atom is 0.212 e. The van der Waals surface area contributed by atoms with E-state index in [0.29, 0.717) is 5.88 Å². The molecule has 1 aromatic rings. The number of rotatable bonds is 1. The SMILES string of the molecule is C#CC#CC#CO.COc1ccc(C(C)(C)C)cn1.N. The monoisotopic (exact) mass is 272 g/mol. The zero-order chi connectivity index (χ0) is 14.7. The summed E-state index contributed by atoms with van der Waals surface area (Å²) >= 11 is 0. The fourth-order valence-electron chi connectivity index (χ4n) is 1.04. The Kier molecular flexibility index (Phi) is 10.2. The Balaban J connectivity index is 0. The van der Waals surface area contributed by atoms with Gasteiger partial charge in [-0.05, 0) is 22.8 Å². The number of terminal acetylenes is 1. The summed E-state index contributed by atoms with van der Waals surface area (Å²) in [5, 5.41) is 7.76. The lowest BCUT2D eigenvalue weighted by atomic mass is 9.88. The Morgan fingerprint density at radius 2 is 1.85 bits per heavy atom. The lowest BCUT2D eigenvalue weighted by Crippen LogP contribution is -2.11. The van der Waals surface area contributed by atoms with E-state index in [9.17, 15) is 0 Å². The van der Waals surface area contributed by atoms with Crippen molar-refractivity contribution in [1.82, 2.24) is 11.1 Å². The van der Waals surface area contributed by atoms with Crippen LogP contribution in [0, 0.1) is 36.2 Å². The third-order valence-electron chi connectivity index (χ3n) is 2.06. The fraction of sp³-hybridized carbons (Fsp3) is 0.312. The molecule has 0 fully saturated rings. The molecule has 0 aromatic carbocycles. The van der Waals surface area contributed by atoms with Crippen LogP contribution >= 0.6 is 0 Å². The molecule has 1 aromatic heterocycles. The summed E-state index contributed by atoms with van der Waals surface area (Å²) in [5.74, 6) is 9.13. The highest BCUT2D eigenvalue weighted by molar-refractivity contribution is 5.32. The van der Waals surface area contributed by atoms with Crippen LogP contribution in [0.2, 0.25) is 0 Å². The lowest BCUT2D eigenvalue weighted by molar-refractivity contribution is 0.397. The van der Waals surface area contributed by atoms with Crippen molar-refractivity contribution in [3.05, 3.63) is 23.9 Å². The van der Waals surface area contributed by atoms with Crippen LogP contribution < -0.4 is 10.9 Å². The molecule has 0 aliphatic rings. The molecule has 0 aliphatic carbocycles. The van der Waals surface area contributed by atoms with Crippen LogP contribution in [-0.2, 0) is 5.41 Å². The van der Waals surface area contributed by atoms with Gasteiger partial charge in [0.2, 0.25) is 5.88 Å². The number of pyridine rings is 1. The highest BCUT2D eigenvalue weighted by atomic mass is 16.5. The lowest BCUT2D eigenvalue weighted by Gasteiger charge is -2.18. The molecule has 0 unspecified atom stereocenters. The van der Waals surface area contributed by atoms with Crippen molar-refractivity contribution in [2.45, 2.75) is 26.2 Å². The summed E-state index contributed by atoms with van der Waals surface area (Å²) in [6.07, 6.45) is 8.14. The quantitative estimate of drug-likeness (QED) is 0.770. The van der Waals surface area contributed by atoms with E-state index in [4.69, 9.17) is 16.3 Å². The topological polar surface area (TPSA) is 77.3 Å². The van der Waals surface area contributed by atoms with E-state index >= 15 is 0 Å². The summed E-state index contributed by atoms with van der Waals surface area (Å²) in [6, 6.07) is 3.94. The Morgan fingerprint density at radius 1 is 1.20 bits per heavy atom. The first-order chi connectivity index (χ1) is 8.95. The van der Waals surface area contributed by atoms with Crippen LogP contribution in [0.1, 0.15) is 26.3 Å². The molecule has 0 bridgehead atoms. The molecule has 0 saturated carbocycles. The molecule has 1 rings (SSSR count). The maximum atomic E-state index is 7.76. The molecule has 4 N–H and O–H groups in total. The second-order valence-corrected chi connectivity index (χ2v) is 4.47. The Labute approximate surface area is 121 Å². The van der Waals surface area contributed by atoms with Gasteiger partial charge in [-0.25, -0.2) is 4.98 Å². The van der Waals surface area contributed by atoms with E-state index in [1.165, 1.54) is 5.56 Å². The van der Waals surface area contributed by atoms with Crippen molar-refractivity contribution in [3.8, 4) is 42.1 Å². The van der Waals surface area contributed by atoms with Gasteiger partial charge in [0.05, 0.1) is 7.11 Å². The number of hydrogen-bond acceptors (Lipinski definition) is 4. The zero-order valence-corrected chi connectivity index (χ0v) is 12.3. The predicted molar refractivity (Wildman–Crippen MR) is 80.8 cm³/mol. The van der Waals surface area contributed by atoms with Crippen LogP contribution in [0.15, 0.2) is 18.3 Å². The van der Waals surface area contributed by atoms with E-state index < -0.39 is 0 Å². The first kappa shape index (κ1) is 19.7. The molecule has 0 atom stereocenters. The largest absolute Gasteiger partial charge is 0.481 e. The molecule has 1 heterocycles. The molecule has 0 saturated heterocycles. The molecular weight excluding hydrogens is 252 g/mol. The second-order valence-electron chi connectivity index (χ2n) is 4.47. The summed E-state index contributed by atoms with van der Waals surface area (Å²) < 4.78 is 4.97. The highest BCUT2D eigenvalue weighted by Crippen LogP contribution is 2.22. The van der Waals surface area contributed by atoms with E-state index in [-0.39, 0.29) is 11.6 Å². The van der Waals surface area contributed by atoms with Gasteiger partial charge < -0.3 is 16.0 Å². The van der Waals surface area contributed by atoms with Gasteiger partial charge in [0.15, 0.2) is 0 Å². The summed E-state index contributed by atoms with van der Waals surface area (Å²) in [5.41, 5.74) is 1.39.